The van der Waals surface area contributed by atoms with Crippen LogP contribution in [0.25, 0.3) is 0 Å². The fourth-order valence-corrected chi connectivity index (χ4v) is 4.86. The van der Waals surface area contributed by atoms with E-state index in [1.54, 1.807) is 41.3 Å². The average Bonchev–Trinajstić information content (AvgIpc) is 3.23. The number of hydrazine groups is 1. The van der Waals surface area contributed by atoms with Gasteiger partial charge in [-0.15, -0.1) is 0 Å². The van der Waals surface area contributed by atoms with Crippen molar-refractivity contribution in [3.63, 3.8) is 0 Å². The number of nitrogens with one attached hydrogen (secondary N) is 2. The maximum Gasteiger partial charge on any atom is 0.269 e. The monoisotopic (exact) mass is 435 g/mol. The highest BCUT2D eigenvalue weighted by molar-refractivity contribution is 5.99. The van der Waals surface area contributed by atoms with Crippen molar-refractivity contribution in [1.82, 2.24) is 15.8 Å². The van der Waals surface area contributed by atoms with Crippen molar-refractivity contribution < 1.29 is 19.1 Å². The third-order valence-electron chi connectivity index (χ3n) is 6.37. The van der Waals surface area contributed by atoms with Gasteiger partial charge >= 0.3 is 0 Å². The summed E-state index contributed by atoms with van der Waals surface area (Å²) in [4.78, 5) is 40.6. The van der Waals surface area contributed by atoms with E-state index in [1.165, 1.54) is 0 Å². The van der Waals surface area contributed by atoms with Crippen LogP contribution in [-0.2, 0) is 4.79 Å². The van der Waals surface area contributed by atoms with E-state index in [4.69, 9.17) is 4.74 Å². The second-order valence-corrected chi connectivity index (χ2v) is 8.34. The molecule has 0 aromatic heterocycles. The molecule has 4 rings (SSSR count). The Kier molecular flexibility index (Phi) is 6.73. The molecule has 7 heteroatoms. The summed E-state index contributed by atoms with van der Waals surface area (Å²) in [5.41, 5.74) is 6.02. The Hall–Kier alpha value is -3.35. The Morgan fingerprint density at radius 3 is 2.38 bits per heavy atom. The number of rotatable bonds is 5. The number of hydrogen-bond donors (Lipinski definition) is 2. The number of carbonyl (C=O) groups is 3. The topological polar surface area (TPSA) is 87.7 Å². The summed E-state index contributed by atoms with van der Waals surface area (Å²) in [7, 11) is 0. The van der Waals surface area contributed by atoms with Crippen LogP contribution in [0.4, 0.5) is 0 Å². The van der Waals surface area contributed by atoms with Gasteiger partial charge in [-0.1, -0.05) is 31.0 Å². The number of amides is 3. The lowest BCUT2D eigenvalue weighted by Gasteiger charge is -2.33. The number of fused-ring (bicyclic) bond motifs is 1. The highest BCUT2D eigenvalue weighted by atomic mass is 16.5. The largest absolute Gasteiger partial charge is 0.494 e. The first kappa shape index (κ1) is 21.9. The minimum absolute atomic E-state index is 0.0639. The fraction of sp³-hybridized carbons (Fsp3) is 0.400. The lowest BCUT2D eigenvalue weighted by Crippen LogP contribution is -2.53. The van der Waals surface area contributed by atoms with E-state index in [-0.39, 0.29) is 17.9 Å². The molecule has 2 aliphatic rings. The molecule has 3 unspecified atom stereocenters. The van der Waals surface area contributed by atoms with E-state index in [9.17, 15) is 14.4 Å². The SMILES string of the molecule is CCOc1ccc(C(=O)NNC(=O)C2CC3CCCCC3N2C(=O)c2ccccc2)cc1. The molecule has 0 radical (unpaired) electrons. The average molecular weight is 436 g/mol. The molecule has 2 fully saturated rings. The summed E-state index contributed by atoms with van der Waals surface area (Å²) >= 11 is 0. The Labute approximate surface area is 188 Å². The molecular formula is C25H29N3O4. The number of hydrogen-bond acceptors (Lipinski definition) is 4. The maximum absolute atomic E-state index is 13.3. The maximum atomic E-state index is 13.3. The zero-order valence-electron chi connectivity index (χ0n) is 18.3. The van der Waals surface area contributed by atoms with Gasteiger partial charge in [0.25, 0.3) is 17.7 Å². The van der Waals surface area contributed by atoms with Gasteiger partial charge < -0.3 is 9.64 Å². The normalized spacial score (nSPS) is 22.0. The van der Waals surface area contributed by atoms with Crippen molar-refractivity contribution in [2.24, 2.45) is 5.92 Å². The third-order valence-corrected chi connectivity index (χ3v) is 6.37. The highest BCUT2D eigenvalue weighted by Crippen LogP contribution is 2.40. The summed E-state index contributed by atoms with van der Waals surface area (Å²) in [5, 5.41) is 0. The molecule has 3 amide bonds. The molecule has 32 heavy (non-hydrogen) atoms. The van der Waals surface area contributed by atoms with Crippen molar-refractivity contribution >= 4 is 17.7 Å². The minimum Gasteiger partial charge on any atom is -0.494 e. The number of ether oxygens (including phenoxy) is 1. The van der Waals surface area contributed by atoms with Crippen LogP contribution >= 0.6 is 0 Å². The molecule has 1 saturated heterocycles. The summed E-state index contributed by atoms with van der Waals surface area (Å²) in [6.07, 6.45) is 4.73. The smallest absolute Gasteiger partial charge is 0.269 e. The van der Waals surface area contributed by atoms with E-state index in [0.29, 0.717) is 35.8 Å². The lowest BCUT2D eigenvalue weighted by atomic mass is 9.84. The summed E-state index contributed by atoms with van der Waals surface area (Å²) in [6, 6.07) is 15.2. The Balaban J connectivity index is 1.44. The van der Waals surface area contributed by atoms with E-state index in [0.717, 1.165) is 25.7 Å². The van der Waals surface area contributed by atoms with Crippen LogP contribution in [0.2, 0.25) is 0 Å². The summed E-state index contributed by atoms with van der Waals surface area (Å²) in [6.45, 7) is 2.43. The van der Waals surface area contributed by atoms with Crippen LogP contribution < -0.4 is 15.6 Å². The van der Waals surface area contributed by atoms with Gasteiger partial charge in [0.15, 0.2) is 0 Å². The van der Waals surface area contributed by atoms with Crippen LogP contribution in [0, 0.1) is 5.92 Å². The van der Waals surface area contributed by atoms with Gasteiger partial charge in [-0.3, -0.25) is 25.2 Å². The predicted molar refractivity (Wildman–Crippen MR) is 120 cm³/mol. The summed E-state index contributed by atoms with van der Waals surface area (Å²) in [5.74, 6) is 0.0874. The van der Waals surface area contributed by atoms with Crippen molar-refractivity contribution in [2.75, 3.05) is 6.61 Å². The number of likely N-dealkylation sites (tertiary alicyclic amines) is 1. The molecular weight excluding hydrogens is 406 g/mol. The third kappa shape index (κ3) is 4.61. The molecule has 3 atom stereocenters. The van der Waals surface area contributed by atoms with E-state index < -0.39 is 11.9 Å². The molecule has 1 aliphatic heterocycles. The number of benzene rings is 2. The van der Waals surface area contributed by atoms with Gasteiger partial charge in [0.1, 0.15) is 11.8 Å². The van der Waals surface area contributed by atoms with E-state index in [1.807, 2.05) is 25.1 Å². The molecule has 1 heterocycles. The predicted octanol–water partition coefficient (Wildman–Crippen LogP) is 3.32. The molecule has 168 valence electrons. The van der Waals surface area contributed by atoms with Crippen molar-refractivity contribution in [1.29, 1.82) is 0 Å². The standard InChI is InChI=1S/C25H29N3O4/c1-2-32-20-14-12-17(13-15-20)23(29)26-27-24(30)22-16-19-10-6-7-11-21(19)28(22)25(31)18-8-4-3-5-9-18/h3-5,8-9,12-15,19,21-22H,2,6-7,10-11,16H2,1H3,(H,26,29)(H,27,30). The fourth-order valence-electron chi connectivity index (χ4n) is 4.86. The summed E-state index contributed by atoms with van der Waals surface area (Å²) < 4.78 is 5.38. The Bertz CT molecular complexity index is 961. The molecule has 2 N–H and O–H groups in total. The van der Waals surface area contributed by atoms with Crippen molar-refractivity contribution in [2.45, 2.75) is 51.1 Å². The molecule has 1 saturated carbocycles. The first-order chi connectivity index (χ1) is 15.6. The van der Waals surface area contributed by atoms with Crippen LogP contribution in [0.1, 0.15) is 59.7 Å². The van der Waals surface area contributed by atoms with Gasteiger partial charge in [0.05, 0.1) is 6.61 Å². The van der Waals surface area contributed by atoms with Crippen LogP contribution in [0.3, 0.4) is 0 Å². The number of nitrogens with zero attached hydrogens (tertiary/aromatic N) is 1. The molecule has 7 nitrogen and oxygen atoms in total. The second kappa shape index (κ2) is 9.85. The van der Waals surface area contributed by atoms with Gasteiger partial charge in [0, 0.05) is 17.2 Å². The lowest BCUT2D eigenvalue weighted by molar-refractivity contribution is -0.126. The number of carbonyl (C=O) groups excluding carboxylic acids is 3. The van der Waals surface area contributed by atoms with Crippen LogP contribution in [0.15, 0.2) is 54.6 Å². The van der Waals surface area contributed by atoms with E-state index in [2.05, 4.69) is 10.9 Å². The van der Waals surface area contributed by atoms with Gasteiger partial charge in [-0.2, -0.15) is 0 Å². The zero-order valence-corrected chi connectivity index (χ0v) is 18.3. The second-order valence-electron chi connectivity index (χ2n) is 8.34. The molecule has 0 spiro atoms. The molecule has 1 aliphatic carbocycles. The van der Waals surface area contributed by atoms with Gasteiger partial charge in [-0.25, -0.2) is 0 Å². The zero-order chi connectivity index (χ0) is 22.5. The quantitative estimate of drug-likeness (QED) is 0.706. The molecule has 2 aromatic rings. The Morgan fingerprint density at radius 1 is 0.938 bits per heavy atom. The van der Waals surface area contributed by atoms with E-state index >= 15 is 0 Å². The first-order valence-electron chi connectivity index (χ1n) is 11.3. The van der Waals surface area contributed by atoms with Gasteiger partial charge in [-0.05, 0) is 68.5 Å². The molecule has 0 bridgehead atoms. The van der Waals surface area contributed by atoms with Crippen LogP contribution in [0.5, 0.6) is 5.75 Å². The Morgan fingerprint density at radius 2 is 1.66 bits per heavy atom. The van der Waals surface area contributed by atoms with Gasteiger partial charge in [0.2, 0.25) is 0 Å². The highest BCUT2D eigenvalue weighted by Gasteiger charge is 2.47. The van der Waals surface area contributed by atoms with Crippen molar-refractivity contribution in [3.05, 3.63) is 65.7 Å². The van der Waals surface area contributed by atoms with Crippen molar-refractivity contribution in [3.8, 4) is 5.75 Å². The molecule has 2 aromatic carbocycles. The van der Waals surface area contributed by atoms with Crippen LogP contribution in [-0.4, -0.2) is 41.3 Å². The first-order valence-corrected chi connectivity index (χ1v) is 11.3. The minimum atomic E-state index is -0.601.